The Bertz CT molecular complexity index is 1800. The molecule has 2 atom stereocenters. The van der Waals surface area contributed by atoms with Crippen molar-refractivity contribution in [1.82, 2.24) is 5.32 Å². The summed E-state index contributed by atoms with van der Waals surface area (Å²) in [6.07, 6.45) is -0.419. The number of aliphatic hydroxyl groups excluding tert-OH is 4. The molecule has 0 aliphatic carbocycles. The number of rotatable bonds is 13. The number of para-hydroxylation sites is 1. The van der Waals surface area contributed by atoms with Crippen LogP contribution in [-0.4, -0.2) is 52.4 Å². The molecule has 1 amide bonds. The zero-order valence-electron chi connectivity index (χ0n) is 26.3. The number of ether oxygens (including phenoxy) is 3. The van der Waals surface area contributed by atoms with Crippen LogP contribution in [0.25, 0.3) is 0 Å². The smallest absolute Gasteiger partial charge is 0.255 e. The van der Waals surface area contributed by atoms with Gasteiger partial charge in [-0.15, -0.1) is 0 Å². The quantitative estimate of drug-likeness (QED) is 0.116. The molecule has 48 heavy (non-hydrogen) atoms. The number of fused-ring (bicyclic) bond motifs is 1. The first-order valence-corrected chi connectivity index (χ1v) is 15.5. The first-order valence-electron chi connectivity index (χ1n) is 15.5. The van der Waals surface area contributed by atoms with Gasteiger partial charge in [-0.25, -0.2) is 0 Å². The molecule has 12 heteroatoms. The number of aliphatic hydroxyl groups is 4. The molecule has 2 heterocycles. The largest absolute Gasteiger partial charge is 0.493 e. The number of amides is 1. The average molecular weight is 656 g/mol. The number of benzene rings is 4. The van der Waals surface area contributed by atoms with E-state index in [1.807, 2.05) is 36.4 Å². The van der Waals surface area contributed by atoms with Crippen LogP contribution in [0.4, 0.5) is 5.69 Å². The standard InChI is InChI=1S/C36H37N3O9/c1-45-32-9-6-21(33-16-30(39-48-33)23-13-24(17-40)28(20-43)25(14-23)18-41)15-34(32)47-11-10-46-31-8-7-22(12-26(31)19-42)35-37-29-5-3-2-4-27(29)36(44)38-35/h2-9,12-15,33,35,37,40-43H,10-11,16-20H2,1H3,(H,38,44). The van der Waals surface area contributed by atoms with Gasteiger partial charge in [0, 0.05) is 23.2 Å². The fraction of sp³-hybridized carbons (Fsp3) is 0.278. The minimum Gasteiger partial charge on any atom is -0.493 e. The molecule has 0 bridgehead atoms. The molecule has 0 radical (unpaired) electrons. The molecule has 2 aliphatic heterocycles. The van der Waals surface area contributed by atoms with Crippen molar-refractivity contribution in [3.63, 3.8) is 0 Å². The number of hydrogen-bond acceptors (Lipinski definition) is 11. The van der Waals surface area contributed by atoms with Crippen LogP contribution in [0.2, 0.25) is 0 Å². The first kappa shape index (κ1) is 32.8. The molecule has 0 saturated carbocycles. The molecule has 2 aliphatic rings. The van der Waals surface area contributed by atoms with Crippen molar-refractivity contribution < 1.29 is 44.3 Å². The second-order valence-electron chi connectivity index (χ2n) is 11.3. The Balaban J connectivity index is 1.08. The van der Waals surface area contributed by atoms with Gasteiger partial charge in [-0.05, 0) is 76.3 Å². The molecule has 250 valence electrons. The highest BCUT2D eigenvalue weighted by molar-refractivity contribution is 6.02. The maximum absolute atomic E-state index is 12.6. The summed E-state index contributed by atoms with van der Waals surface area (Å²) in [5, 5.41) is 49.9. The van der Waals surface area contributed by atoms with E-state index in [0.717, 1.165) is 16.8 Å². The third kappa shape index (κ3) is 6.78. The van der Waals surface area contributed by atoms with E-state index in [0.29, 0.717) is 62.8 Å². The van der Waals surface area contributed by atoms with Crippen LogP contribution >= 0.6 is 0 Å². The van der Waals surface area contributed by atoms with Gasteiger partial charge in [0.05, 0.1) is 44.8 Å². The summed E-state index contributed by atoms with van der Waals surface area (Å²) in [4.78, 5) is 18.3. The Morgan fingerprint density at radius 2 is 1.46 bits per heavy atom. The van der Waals surface area contributed by atoms with E-state index < -0.39 is 12.3 Å². The van der Waals surface area contributed by atoms with Crippen molar-refractivity contribution in [3.05, 3.63) is 117 Å². The first-order chi connectivity index (χ1) is 23.5. The zero-order valence-corrected chi connectivity index (χ0v) is 26.3. The van der Waals surface area contributed by atoms with Crippen LogP contribution in [0.5, 0.6) is 17.2 Å². The van der Waals surface area contributed by atoms with Crippen LogP contribution in [0.15, 0.2) is 78.0 Å². The molecular weight excluding hydrogens is 618 g/mol. The Morgan fingerprint density at radius 1 is 0.771 bits per heavy atom. The maximum atomic E-state index is 12.6. The third-order valence-corrected chi connectivity index (χ3v) is 8.43. The molecule has 4 aromatic rings. The number of carbonyl (C=O) groups excluding carboxylic acids is 1. The van der Waals surface area contributed by atoms with Crippen molar-refractivity contribution in [2.75, 3.05) is 25.6 Å². The number of anilines is 1. The Labute approximate surface area is 277 Å². The summed E-state index contributed by atoms with van der Waals surface area (Å²) in [6, 6.07) is 21.7. The molecule has 0 spiro atoms. The third-order valence-electron chi connectivity index (χ3n) is 8.43. The summed E-state index contributed by atoms with van der Waals surface area (Å²) in [5.74, 6) is 1.34. The van der Waals surface area contributed by atoms with Crippen molar-refractivity contribution in [3.8, 4) is 17.2 Å². The fourth-order valence-electron chi connectivity index (χ4n) is 5.90. The van der Waals surface area contributed by atoms with Gasteiger partial charge in [-0.2, -0.15) is 0 Å². The van der Waals surface area contributed by atoms with Gasteiger partial charge in [-0.1, -0.05) is 29.4 Å². The second-order valence-corrected chi connectivity index (χ2v) is 11.3. The molecule has 6 rings (SSSR count). The highest BCUT2D eigenvalue weighted by atomic mass is 16.6. The lowest BCUT2D eigenvalue weighted by atomic mass is 9.94. The molecule has 0 saturated heterocycles. The number of methoxy groups -OCH3 is 1. The molecule has 2 unspecified atom stereocenters. The number of nitrogens with zero attached hydrogens (tertiary/aromatic N) is 1. The van der Waals surface area contributed by atoms with Gasteiger partial charge < -0.3 is 50.1 Å². The number of hydrogen-bond donors (Lipinski definition) is 6. The van der Waals surface area contributed by atoms with Crippen molar-refractivity contribution in [1.29, 1.82) is 0 Å². The minimum atomic E-state index is -0.456. The van der Waals surface area contributed by atoms with Gasteiger partial charge in [0.1, 0.15) is 25.1 Å². The van der Waals surface area contributed by atoms with Crippen molar-refractivity contribution in [2.45, 2.75) is 45.1 Å². The number of oxime groups is 1. The maximum Gasteiger partial charge on any atom is 0.255 e. The van der Waals surface area contributed by atoms with Crippen LogP contribution < -0.4 is 24.8 Å². The van der Waals surface area contributed by atoms with Gasteiger partial charge in [0.2, 0.25) is 0 Å². The highest BCUT2D eigenvalue weighted by Gasteiger charge is 2.27. The normalized spacial score (nSPS) is 16.7. The van der Waals surface area contributed by atoms with E-state index in [1.165, 1.54) is 0 Å². The fourth-order valence-corrected chi connectivity index (χ4v) is 5.90. The van der Waals surface area contributed by atoms with Crippen LogP contribution in [0.3, 0.4) is 0 Å². The Kier molecular flexibility index (Phi) is 10.1. The summed E-state index contributed by atoms with van der Waals surface area (Å²) >= 11 is 0. The topological polar surface area (TPSA) is 171 Å². The molecule has 6 N–H and O–H groups in total. The lowest BCUT2D eigenvalue weighted by Crippen LogP contribution is -2.38. The second kappa shape index (κ2) is 14.7. The summed E-state index contributed by atoms with van der Waals surface area (Å²) in [6.45, 7) is -0.740. The molecule has 0 aromatic heterocycles. The Morgan fingerprint density at radius 3 is 2.17 bits per heavy atom. The lowest BCUT2D eigenvalue weighted by Gasteiger charge is -2.28. The minimum absolute atomic E-state index is 0.175. The van der Waals surface area contributed by atoms with E-state index in [2.05, 4.69) is 15.8 Å². The summed E-state index contributed by atoms with van der Waals surface area (Å²) in [5.41, 5.74) is 6.37. The molecular formula is C36H37N3O9. The number of nitrogens with one attached hydrogen (secondary N) is 2. The van der Waals surface area contributed by atoms with E-state index in [-0.39, 0.29) is 45.5 Å². The molecule has 12 nitrogen and oxygen atoms in total. The van der Waals surface area contributed by atoms with Crippen molar-refractivity contribution >= 4 is 17.3 Å². The predicted molar refractivity (Wildman–Crippen MR) is 176 cm³/mol. The van der Waals surface area contributed by atoms with Gasteiger partial charge in [-0.3, -0.25) is 4.79 Å². The lowest BCUT2D eigenvalue weighted by molar-refractivity contribution is 0.0854. The molecule has 4 aromatic carbocycles. The van der Waals surface area contributed by atoms with Crippen LogP contribution in [0, 0.1) is 0 Å². The van der Waals surface area contributed by atoms with Crippen LogP contribution in [0.1, 0.15) is 68.0 Å². The van der Waals surface area contributed by atoms with Crippen LogP contribution in [-0.2, 0) is 31.3 Å². The predicted octanol–water partition coefficient (Wildman–Crippen LogP) is 3.84. The average Bonchev–Trinajstić information content (AvgIpc) is 3.63. The monoisotopic (exact) mass is 655 g/mol. The summed E-state index contributed by atoms with van der Waals surface area (Å²) < 4.78 is 17.5. The highest BCUT2D eigenvalue weighted by Crippen LogP contribution is 2.36. The SMILES string of the molecule is COc1ccc(C2CC(c3cc(CO)c(CO)c(CO)c3)=NO2)cc1OCCOc1ccc(C2NC(=O)c3ccccc3N2)cc1CO. The van der Waals surface area contributed by atoms with E-state index in [9.17, 15) is 25.2 Å². The Hall–Kier alpha value is -5.14. The van der Waals surface area contributed by atoms with E-state index in [1.54, 1.807) is 43.5 Å². The van der Waals surface area contributed by atoms with E-state index in [4.69, 9.17) is 19.0 Å². The molecule has 0 fully saturated rings. The van der Waals surface area contributed by atoms with Gasteiger partial charge >= 0.3 is 0 Å². The van der Waals surface area contributed by atoms with Crippen molar-refractivity contribution in [2.24, 2.45) is 5.16 Å². The van der Waals surface area contributed by atoms with Gasteiger partial charge in [0.15, 0.2) is 17.6 Å². The zero-order chi connectivity index (χ0) is 33.6. The van der Waals surface area contributed by atoms with E-state index >= 15 is 0 Å². The summed E-state index contributed by atoms with van der Waals surface area (Å²) in [7, 11) is 1.55. The number of carbonyl (C=O) groups is 1. The van der Waals surface area contributed by atoms with Gasteiger partial charge in [0.25, 0.3) is 5.91 Å².